The number of carbonyl (C=O) groups is 1. The molecule has 4 nitrogen and oxygen atoms in total. The molecule has 2 saturated heterocycles. The number of rotatable bonds is 3. The Hall–Kier alpha value is -1.55. The molecule has 20 heavy (non-hydrogen) atoms. The molecule has 0 atom stereocenters. The molecule has 0 spiro atoms. The van der Waals surface area contributed by atoms with E-state index in [2.05, 4.69) is 5.32 Å². The van der Waals surface area contributed by atoms with Crippen molar-refractivity contribution in [1.29, 1.82) is 0 Å². The van der Waals surface area contributed by atoms with Gasteiger partial charge in [-0.1, -0.05) is 18.2 Å². The number of urea groups is 1. The molecule has 0 bridgehead atoms. The van der Waals surface area contributed by atoms with Gasteiger partial charge in [-0.2, -0.15) is 0 Å². The molecular weight excluding hydrogens is 250 g/mol. The number of benzene rings is 1. The second kappa shape index (κ2) is 6.27. The lowest BCUT2D eigenvalue weighted by atomic mass is 9.97. The fourth-order valence-electron chi connectivity index (χ4n) is 3.17. The SMILES string of the molecule is O=C1N(CC2CCNCC2)CCCN1c1ccccc1. The first-order valence-corrected chi connectivity index (χ1v) is 7.67. The maximum Gasteiger partial charge on any atom is 0.324 e. The van der Waals surface area contributed by atoms with Crippen LogP contribution in [0.4, 0.5) is 10.5 Å². The fourth-order valence-corrected chi connectivity index (χ4v) is 3.17. The maximum absolute atomic E-state index is 12.6. The average molecular weight is 273 g/mol. The van der Waals surface area contributed by atoms with Crippen molar-refractivity contribution in [3.63, 3.8) is 0 Å². The maximum atomic E-state index is 12.6. The molecule has 0 aliphatic carbocycles. The number of carbonyl (C=O) groups excluding carboxylic acids is 1. The van der Waals surface area contributed by atoms with Gasteiger partial charge in [-0.3, -0.25) is 4.90 Å². The molecule has 0 radical (unpaired) electrons. The minimum atomic E-state index is 0.181. The zero-order valence-corrected chi connectivity index (χ0v) is 11.9. The van der Waals surface area contributed by atoms with E-state index in [4.69, 9.17) is 0 Å². The number of nitrogens with one attached hydrogen (secondary N) is 1. The van der Waals surface area contributed by atoms with Gasteiger partial charge in [-0.05, 0) is 50.4 Å². The van der Waals surface area contributed by atoms with Crippen LogP contribution in [-0.2, 0) is 0 Å². The van der Waals surface area contributed by atoms with Gasteiger partial charge in [0.2, 0.25) is 0 Å². The quantitative estimate of drug-likeness (QED) is 0.917. The molecule has 1 aromatic rings. The van der Waals surface area contributed by atoms with Crippen molar-refractivity contribution in [1.82, 2.24) is 10.2 Å². The van der Waals surface area contributed by atoms with E-state index in [0.29, 0.717) is 5.92 Å². The Bertz CT molecular complexity index is 442. The predicted molar refractivity (Wildman–Crippen MR) is 81.0 cm³/mol. The first-order valence-electron chi connectivity index (χ1n) is 7.67. The summed E-state index contributed by atoms with van der Waals surface area (Å²) in [6.45, 7) is 4.85. The van der Waals surface area contributed by atoms with Crippen LogP contribution in [-0.4, -0.2) is 43.7 Å². The second-order valence-electron chi connectivity index (χ2n) is 5.76. The molecular formula is C16H23N3O. The normalized spacial score (nSPS) is 21.3. The van der Waals surface area contributed by atoms with E-state index in [1.807, 2.05) is 40.1 Å². The molecule has 108 valence electrons. The summed E-state index contributed by atoms with van der Waals surface area (Å²) < 4.78 is 0. The van der Waals surface area contributed by atoms with E-state index in [-0.39, 0.29) is 6.03 Å². The predicted octanol–water partition coefficient (Wildman–Crippen LogP) is 2.32. The van der Waals surface area contributed by atoms with Crippen LogP contribution in [0.3, 0.4) is 0 Å². The van der Waals surface area contributed by atoms with Gasteiger partial charge in [-0.25, -0.2) is 4.79 Å². The topological polar surface area (TPSA) is 35.6 Å². The van der Waals surface area contributed by atoms with E-state index in [9.17, 15) is 4.79 Å². The first kappa shape index (κ1) is 13.4. The summed E-state index contributed by atoms with van der Waals surface area (Å²) >= 11 is 0. The molecule has 2 aliphatic rings. The van der Waals surface area contributed by atoms with Gasteiger partial charge in [-0.15, -0.1) is 0 Å². The first-order chi connectivity index (χ1) is 9.84. The van der Waals surface area contributed by atoms with Crippen LogP contribution in [0.2, 0.25) is 0 Å². The van der Waals surface area contributed by atoms with E-state index in [1.165, 1.54) is 12.8 Å². The highest BCUT2D eigenvalue weighted by molar-refractivity contribution is 5.92. The summed E-state index contributed by atoms with van der Waals surface area (Å²) in [5.74, 6) is 0.663. The zero-order chi connectivity index (χ0) is 13.8. The molecule has 3 rings (SSSR count). The number of amides is 2. The van der Waals surface area contributed by atoms with Crippen LogP contribution in [0.25, 0.3) is 0 Å². The molecule has 2 aliphatic heterocycles. The van der Waals surface area contributed by atoms with Gasteiger partial charge in [0, 0.05) is 25.3 Å². The number of piperidine rings is 1. The Balaban J connectivity index is 1.65. The van der Waals surface area contributed by atoms with Crippen LogP contribution in [0.5, 0.6) is 0 Å². The monoisotopic (exact) mass is 273 g/mol. The molecule has 1 aromatic carbocycles. The highest BCUT2D eigenvalue weighted by Gasteiger charge is 2.28. The van der Waals surface area contributed by atoms with Crippen molar-refractivity contribution in [3.8, 4) is 0 Å². The minimum Gasteiger partial charge on any atom is -0.324 e. The van der Waals surface area contributed by atoms with E-state index in [1.54, 1.807) is 0 Å². The number of hydrogen-bond acceptors (Lipinski definition) is 2. The van der Waals surface area contributed by atoms with Crippen molar-refractivity contribution in [3.05, 3.63) is 30.3 Å². The molecule has 0 aromatic heterocycles. The smallest absolute Gasteiger partial charge is 0.324 e. The minimum absolute atomic E-state index is 0.181. The third-order valence-electron chi connectivity index (χ3n) is 4.32. The van der Waals surface area contributed by atoms with Crippen LogP contribution >= 0.6 is 0 Å². The third kappa shape index (κ3) is 2.96. The van der Waals surface area contributed by atoms with Crippen molar-refractivity contribution >= 4 is 11.7 Å². The number of para-hydroxylation sites is 1. The van der Waals surface area contributed by atoms with Gasteiger partial charge in [0.05, 0.1) is 0 Å². The zero-order valence-electron chi connectivity index (χ0n) is 11.9. The fraction of sp³-hybridized carbons (Fsp3) is 0.562. The van der Waals surface area contributed by atoms with Gasteiger partial charge in [0.1, 0.15) is 0 Å². The van der Waals surface area contributed by atoms with Gasteiger partial charge >= 0.3 is 6.03 Å². The molecule has 2 heterocycles. The lowest BCUT2D eigenvalue weighted by Gasteiger charge is -2.38. The lowest BCUT2D eigenvalue weighted by molar-refractivity contribution is 0.176. The van der Waals surface area contributed by atoms with Gasteiger partial charge in [0.15, 0.2) is 0 Å². The van der Waals surface area contributed by atoms with Gasteiger partial charge in [0.25, 0.3) is 0 Å². The largest absolute Gasteiger partial charge is 0.324 e. The Morgan fingerprint density at radius 2 is 1.85 bits per heavy atom. The van der Waals surface area contributed by atoms with Crippen molar-refractivity contribution < 1.29 is 4.79 Å². The standard InChI is InChI=1S/C16H23N3O/c20-16-18(13-14-7-9-17-10-8-14)11-4-12-19(16)15-5-2-1-3-6-15/h1-3,5-6,14,17H,4,7-13H2. The second-order valence-corrected chi connectivity index (χ2v) is 5.76. The van der Waals surface area contributed by atoms with Crippen LogP contribution in [0, 0.1) is 5.92 Å². The number of hydrogen-bond donors (Lipinski definition) is 1. The highest BCUT2D eigenvalue weighted by atomic mass is 16.2. The molecule has 1 N–H and O–H groups in total. The average Bonchev–Trinajstić information content (AvgIpc) is 2.51. The summed E-state index contributed by atoms with van der Waals surface area (Å²) in [7, 11) is 0. The molecule has 2 amide bonds. The van der Waals surface area contributed by atoms with E-state index in [0.717, 1.165) is 44.8 Å². The summed E-state index contributed by atoms with van der Waals surface area (Å²) in [5.41, 5.74) is 1.02. The third-order valence-corrected chi connectivity index (χ3v) is 4.32. The number of anilines is 1. The van der Waals surface area contributed by atoms with Crippen molar-refractivity contribution in [2.24, 2.45) is 5.92 Å². The van der Waals surface area contributed by atoms with Crippen molar-refractivity contribution in [2.45, 2.75) is 19.3 Å². The number of nitrogens with zero attached hydrogens (tertiary/aromatic N) is 2. The van der Waals surface area contributed by atoms with Crippen LogP contribution < -0.4 is 10.2 Å². The van der Waals surface area contributed by atoms with E-state index < -0.39 is 0 Å². The summed E-state index contributed by atoms with van der Waals surface area (Å²) in [6, 6.07) is 10.2. The van der Waals surface area contributed by atoms with Crippen LogP contribution in [0.15, 0.2) is 30.3 Å². The van der Waals surface area contributed by atoms with Crippen molar-refractivity contribution in [2.75, 3.05) is 37.6 Å². The molecule has 4 heteroatoms. The van der Waals surface area contributed by atoms with Gasteiger partial charge < -0.3 is 10.2 Å². The van der Waals surface area contributed by atoms with Crippen LogP contribution in [0.1, 0.15) is 19.3 Å². The van der Waals surface area contributed by atoms with E-state index >= 15 is 0 Å². The molecule has 2 fully saturated rings. The summed E-state index contributed by atoms with van der Waals surface area (Å²) in [4.78, 5) is 16.6. The lowest BCUT2D eigenvalue weighted by Crippen LogP contribution is -2.51. The summed E-state index contributed by atoms with van der Waals surface area (Å²) in [6.07, 6.45) is 3.44. The highest BCUT2D eigenvalue weighted by Crippen LogP contribution is 2.22. The molecule has 0 saturated carbocycles. The Labute approximate surface area is 120 Å². The Morgan fingerprint density at radius 3 is 2.60 bits per heavy atom. The Kier molecular flexibility index (Phi) is 4.21. The summed E-state index contributed by atoms with van der Waals surface area (Å²) in [5, 5.41) is 3.38. The Morgan fingerprint density at radius 1 is 1.10 bits per heavy atom. The molecule has 0 unspecified atom stereocenters.